The summed E-state index contributed by atoms with van der Waals surface area (Å²) < 4.78 is 17.1. The monoisotopic (exact) mass is 437 g/mol. The van der Waals surface area contributed by atoms with Gasteiger partial charge in [-0.2, -0.15) is 0 Å². The van der Waals surface area contributed by atoms with Crippen LogP contribution in [0.1, 0.15) is 49.9 Å². The summed E-state index contributed by atoms with van der Waals surface area (Å²) in [6.07, 6.45) is 6.91. The minimum atomic E-state index is 0.0393. The Morgan fingerprint density at radius 1 is 0.969 bits per heavy atom. The molecule has 0 amide bonds. The van der Waals surface area contributed by atoms with Crippen LogP contribution in [0.25, 0.3) is 5.76 Å². The zero-order valence-electron chi connectivity index (χ0n) is 19.6. The standard InChI is InChI=1S/C26H31NO5/c1-15(2)7-10-18-23(28)19(11-8-16(3)4)26-20(24(18)29)13-21(30-5)25(32-26)17-9-12-22(31-6)27-14-17/h7-9,12,14,28-29H,10-11,13H2,1-6H3. The molecule has 1 aromatic carbocycles. The van der Waals surface area contributed by atoms with E-state index in [9.17, 15) is 10.2 Å². The van der Waals surface area contributed by atoms with Gasteiger partial charge in [0.1, 0.15) is 23.0 Å². The Kier molecular flexibility index (Phi) is 7.13. The molecule has 0 unspecified atom stereocenters. The van der Waals surface area contributed by atoms with Crippen LogP contribution in [0.2, 0.25) is 0 Å². The number of benzene rings is 1. The van der Waals surface area contributed by atoms with E-state index in [1.54, 1.807) is 26.5 Å². The summed E-state index contributed by atoms with van der Waals surface area (Å²) in [6, 6.07) is 3.58. The molecule has 0 saturated carbocycles. The second-order valence-electron chi connectivity index (χ2n) is 8.26. The summed E-state index contributed by atoms with van der Waals surface area (Å²) in [7, 11) is 3.13. The van der Waals surface area contributed by atoms with Crippen LogP contribution in [0.3, 0.4) is 0 Å². The molecule has 1 aromatic heterocycles. The molecular weight excluding hydrogens is 406 g/mol. The highest BCUT2D eigenvalue weighted by molar-refractivity contribution is 5.73. The molecular formula is C26H31NO5. The van der Waals surface area contributed by atoms with Crippen LogP contribution in [0.15, 0.2) is 47.4 Å². The number of rotatable bonds is 7. The molecule has 0 bridgehead atoms. The van der Waals surface area contributed by atoms with Crippen LogP contribution in [0, 0.1) is 0 Å². The zero-order chi connectivity index (χ0) is 23.4. The van der Waals surface area contributed by atoms with E-state index in [0.717, 1.165) is 11.1 Å². The fraction of sp³-hybridized carbons (Fsp3) is 0.346. The third-order valence-corrected chi connectivity index (χ3v) is 5.37. The van der Waals surface area contributed by atoms with Crippen LogP contribution < -0.4 is 9.47 Å². The van der Waals surface area contributed by atoms with Gasteiger partial charge in [0, 0.05) is 40.9 Å². The number of hydrogen-bond acceptors (Lipinski definition) is 6. The fourth-order valence-corrected chi connectivity index (χ4v) is 3.58. The smallest absolute Gasteiger partial charge is 0.212 e. The average molecular weight is 438 g/mol. The molecule has 2 heterocycles. The lowest BCUT2D eigenvalue weighted by Crippen LogP contribution is -2.14. The summed E-state index contributed by atoms with van der Waals surface area (Å²) in [5, 5.41) is 22.2. The molecule has 6 heteroatoms. The lowest BCUT2D eigenvalue weighted by molar-refractivity contribution is 0.263. The number of phenolic OH excluding ortho intramolecular Hbond substituents is 2. The quantitative estimate of drug-likeness (QED) is 0.559. The summed E-state index contributed by atoms with van der Waals surface area (Å²) in [6.45, 7) is 7.99. The van der Waals surface area contributed by atoms with Gasteiger partial charge in [0.2, 0.25) is 5.88 Å². The van der Waals surface area contributed by atoms with Crippen molar-refractivity contribution in [3.63, 3.8) is 0 Å². The minimum Gasteiger partial charge on any atom is -0.507 e. The van der Waals surface area contributed by atoms with Crippen LogP contribution in [0.5, 0.6) is 23.1 Å². The van der Waals surface area contributed by atoms with E-state index in [1.165, 1.54) is 0 Å². The summed E-state index contributed by atoms with van der Waals surface area (Å²) in [4.78, 5) is 4.26. The number of methoxy groups -OCH3 is 2. The largest absolute Gasteiger partial charge is 0.507 e. The Bertz CT molecular complexity index is 1090. The Balaban J connectivity index is 2.17. The molecule has 0 fully saturated rings. The van der Waals surface area contributed by atoms with Gasteiger partial charge in [-0.15, -0.1) is 0 Å². The van der Waals surface area contributed by atoms with Crippen molar-refractivity contribution in [3.8, 4) is 23.1 Å². The Labute approximate surface area is 189 Å². The van der Waals surface area contributed by atoms with Crippen LogP contribution >= 0.6 is 0 Å². The number of phenols is 2. The number of allylic oxidation sites excluding steroid dienone is 5. The third kappa shape index (κ3) is 4.74. The van der Waals surface area contributed by atoms with Gasteiger partial charge in [-0.25, -0.2) is 4.98 Å². The molecule has 170 valence electrons. The van der Waals surface area contributed by atoms with Crippen molar-refractivity contribution in [2.75, 3.05) is 14.2 Å². The molecule has 0 aliphatic carbocycles. The van der Waals surface area contributed by atoms with E-state index in [0.29, 0.717) is 64.7 Å². The molecule has 2 N–H and O–H groups in total. The summed E-state index contributed by atoms with van der Waals surface area (Å²) in [5.74, 6) is 2.14. The highest BCUT2D eigenvalue weighted by atomic mass is 16.5. The van der Waals surface area contributed by atoms with Crippen molar-refractivity contribution >= 4 is 5.76 Å². The van der Waals surface area contributed by atoms with Gasteiger partial charge >= 0.3 is 0 Å². The number of nitrogens with zero attached hydrogens (tertiary/aromatic N) is 1. The predicted octanol–water partition coefficient (Wildman–Crippen LogP) is 5.47. The summed E-state index contributed by atoms with van der Waals surface area (Å²) in [5.41, 5.74) is 4.70. The van der Waals surface area contributed by atoms with Crippen molar-refractivity contribution in [2.45, 2.75) is 47.0 Å². The van der Waals surface area contributed by atoms with Crippen molar-refractivity contribution in [1.82, 2.24) is 4.98 Å². The lowest BCUT2D eigenvalue weighted by atomic mass is 9.92. The second-order valence-corrected chi connectivity index (χ2v) is 8.26. The Hall–Kier alpha value is -3.41. The first-order valence-electron chi connectivity index (χ1n) is 10.6. The maximum absolute atomic E-state index is 11.1. The second kappa shape index (κ2) is 9.81. The van der Waals surface area contributed by atoms with Gasteiger partial charge < -0.3 is 24.4 Å². The number of fused-ring (bicyclic) bond motifs is 1. The molecule has 1 aliphatic heterocycles. The van der Waals surface area contributed by atoms with E-state index in [-0.39, 0.29) is 11.5 Å². The van der Waals surface area contributed by atoms with Gasteiger partial charge in [-0.05, 0) is 46.6 Å². The van der Waals surface area contributed by atoms with Crippen molar-refractivity contribution in [1.29, 1.82) is 0 Å². The van der Waals surface area contributed by atoms with E-state index < -0.39 is 0 Å². The maximum atomic E-state index is 11.1. The van der Waals surface area contributed by atoms with Gasteiger partial charge in [-0.3, -0.25) is 0 Å². The van der Waals surface area contributed by atoms with Crippen LogP contribution in [0.4, 0.5) is 0 Å². The number of pyridine rings is 1. The number of aromatic nitrogens is 1. The van der Waals surface area contributed by atoms with Crippen LogP contribution in [-0.2, 0) is 24.0 Å². The molecule has 1 aliphatic rings. The first kappa shape index (κ1) is 23.3. The third-order valence-electron chi connectivity index (χ3n) is 5.37. The van der Waals surface area contributed by atoms with Crippen molar-refractivity contribution < 1.29 is 24.4 Å². The highest BCUT2D eigenvalue weighted by Gasteiger charge is 2.31. The highest BCUT2D eigenvalue weighted by Crippen LogP contribution is 2.48. The molecule has 0 saturated heterocycles. The first-order chi connectivity index (χ1) is 15.3. The van der Waals surface area contributed by atoms with Gasteiger partial charge in [0.15, 0.2) is 5.76 Å². The minimum absolute atomic E-state index is 0.0393. The average Bonchev–Trinajstić information content (AvgIpc) is 2.77. The normalized spacial score (nSPS) is 12.6. The van der Waals surface area contributed by atoms with Gasteiger partial charge in [-0.1, -0.05) is 23.3 Å². The maximum Gasteiger partial charge on any atom is 0.212 e. The van der Waals surface area contributed by atoms with Crippen molar-refractivity contribution in [2.24, 2.45) is 0 Å². The van der Waals surface area contributed by atoms with E-state index in [4.69, 9.17) is 14.2 Å². The fourth-order valence-electron chi connectivity index (χ4n) is 3.58. The number of hydrogen-bond donors (Lipinski definition) is 2. The molecule has 3 rings (SSSR count). The van der Waals surface area contributed by atoms with E-state index in [2.05, 4.69) is 4.98 Å². The predicted molar refractivity (Wildman–Crippen MR) is 125 cm³/mol. The molecule has 32 heavy (non-hydrogen) atoms. The molecule has 6 nitrogen and oxygen atoms in total. The lowest BCUT2D eigenvalue weighted by Gasteiger charge is -2.27. The number of ether oxygens (including phenoxy) is 3. The van der Waals surface area contributed by atoms with Gasteiger partial charge in [0.25, 0.3) is 0 Å². The molecule has 0 radical (unpaired) electrons. The number of aromatic hydroxyl groups is 2. The first-order valence-corrected chi connectivity index (χ1v) is 10.6. The molecule has 2 aromatic rings. The van der Waals surface area contributed by atoms with Crippen LogP contribution in [-0.4, -0.2) is 29.4 Å². The zero-order valence-corrected chi connectivity index (χ0v) is 19.6. The Morgan fingerprint density at radius 2 is 1.62 bits per heavy atom. The topological polar surface area (TPSA) is 81.0 Å². The molecule has 0 spiro atoms. The van der Waals surface area contributed by atoms with E-state index in [1.807, 2.05) is 45.9 Å². The molecule has 0 atom stereocenters. The Morgan fingerprint density at radius 3 is 2.16 bits per heavy atom. The van der Waals surface area contributed by atoms with Gasteiger partial charge in [0.05, 0.1) is 14.2 Å². The summed E-state index contributed by atoms with van der Waals surface area (Å²) >= 11 is 0. The van der Waals surface area contributed by atoms with E-state index >= 15 is 0 Å². The van der Waals surface area contributed by atoms with Crippen molar-refractivity contribution in [3.05, 3.63) is 69.6 Å². The SMILES string of the molecule is COC1=C(c2ccc(OC)nc2)Oc2c(CC=C(C)C)c(O)c(CC=C(C)C)c(O)c2C1.